The maximum atomic E-state index is 5.90. The molecule has 0 N–H and O–H groups in total. The van der Waals surface area contributed by atoms with Gasteiger partial charge in [-0.1, -0.05) is 35.9 Å². The summed E-state index contributed by atoms with van der Waals surface area (Å²) >= 11 is 7.12. The van der Waals surface area contributed by atoms with E-state index in [1.54, 1.807) is 0 Å². The van der Waals surface area contributed by atoms with E-state index in [1.165, 1.54) is 30.8 Å². The van der Waals surface area contributed by atoms with E-state index >= 15 is 0 Å². The van der Waals surface area contributed by atoms with Crippen LogP contribution in [0.5, 0.6) is 0 Å². The average molecular weight is 247 g/mol. The van der Waals surface area contributed by atoms with Crippen molar-refractivity contribution in [2.45, 2.75) is 45.3 Å². The van der Waals surface area contributed by atoms with Crippen LogP contribution < -0.4 is 0 Å². The van der Waals surface area contributed by atoms with Crippen molar-refractivity contribution in [1.29, 1.82) is 0 Å². The second kappa shape index (κ2) is 5.23. The van der Waals surface area contributed by atoms with E-state index in [4.69, 9.17) is 16.3 Å². The van der Waals surface area contributed by atoms with E-state index in [9.17, 15) is 0 Å². The van der Waals surface area contributed by atoms with E-state index in [0.29, 0.717) is 17.0 Å². The van der Waals surface area contributed by atoms with E-state index in [-0.39, 0.29) is 0 Å². The normalized spacial score (nSPS) is 26.8. The molecule has 5 heteroatoms. The van der Waals surface area contributed by atoms with Gasteiger partial charge in [-0.05, 0) is 18.8 Å². The Kier molecular flexibility index (Phi) is 3.94. The molecular formula is C10H15ClN2OS. The van der Waals surface area contributed by atoms with Gasteiger partial charge in [-0.2, -0.15) is 0 Å². The number of halogens is 1. The van der Waals surface area contributed by atoms with Crippen molar-refractivity contribution in [1.82, 2.24) is 9.59 Å². The topological polar surface area (TPSA) is 35.0 Å². The van der Waals surface area contributed by atoms with Crippen molar-refractivity contribution >= 4 is 23.1 Å². The van der Waals surface area contributed by atoms with Gasteiger partial charge < -0.3 is 4.74 Å². The fourth-order valence-corrected chi connectivity index (χ4v) is 2.61. The number of hydrogen-bond acceptors (Lipinski definition) is 4. The van der Waals surface area contributed by atoms with E-state index < -0.39 is 0 Å². The van der Waals surface area contributed by atoms with Crippen molar-refractivity contribution in [2.75, 3.05) is 0 Å². The van der Waals surface area contributed by atoms with Crippen LogP contribution in [0.1, 0.15) is 38.3 Å². The molecule has 1 aromatic rings. The van der Waals surface area contributed by atoms with E-state index in [2.05, 4.69) is 16.5 Å². The molecule has 84 valence electrons. The summed E-state index contributed by atoms with van der Waals surface area (Å²) in [6.45, 7) is 2.79. The number of ether oxygens (including phenoxy) is 1. The zero-order chi connectivity index (χ0) is 10.7. The Morgan fingerprint density at radius 2 is 2.40 bits per heavy atom. The zero-order valence-electron chi connectivity index (χ0n) is 8.78. The summed E-state index contributed by atoms with van der Waals surface area (Å²) in [7, 11) is 0. The first-order chi connectivity index (χ1) is 7.25. The van der Waals surface area contributed by atoms with Crippen LogP contribution in [0, 0.1) is 5.92 Å². The molecule has 3 nitrogen and oxygen atoms in total. The lowest BCUT2D eigenvalue weighted by molar-refractivity contribution is 0.00324. The van der Waals surface area contributed by atoms with Gasteiger partial charge in [0.15, 0.2) is 0 Å². The van der Waals surface area contributed by atoms with Gasteiger partial charge in [0, 0.05) is 11.5 Å². The van der Waals surface area contributed by atoms with Gasteiger partial charge in [-0.15, -0.1) is 5.10 Å². The third-order valence-electron chi connectivity index (χ3n) is 2.85. The lowest BCUT2D eigenvalue weighted by Gasteiger charge is -2.26. The molecule has 0 radical (unpaired) electrons. The SMILES string of the molecule is CC1CCCC(OCc2nnsc2Cl)C1. The summed E-state index contributed by atoms with van der Waals surface area (Å²) in [5, 5.41) is 3.93. The van der Waals surface area contributed by atoms with Gasteiger partial charge in [0.1, 0.15) is 10.0 Å². The van der Waals surface area contributed by atoms with Crippen LogP contribution in [0.4, 0.5) is 0 Å². The molecule has 2 rings (SSSR count). The van der Waals surface area contributed by atoms with Gasteiger partial charge >= 0.3 is 0 Å². The minimum Gasteiger partial charge on any atom is -0.372 e. The summed E-state index contributed by atoms with van der Waals surface area (Å²) in [5.41, 5.74) is 0.778. The third kappa shape index (κ3) is 3.13. The van der Waals surface area contributed by atoms with Gasteiger partial charge in [-0.25, -0.2) is 0 Å². The summed E-state index contributed by atoms with van der Waals surface area (Å²) in [6.07, 6.45) is 5.31. The number of hydrogen-bond donors (Lipinski definition) is 0. The van der Waals surface area contributed by atoms with E-state index in [1.807, 2.05) is 0 Å². The standard InChI is InChI=1S/C10H15ClN2OS/c1-7-3-2-4-8(5-7)14-6-9-10(11)15-13-12-9/h7-8H,2-6H2,1H3. The Hall–Kier alpha value is -0.190. The molecule has 0 aliphatic heterocycles. The molecule has 15 heavy (non-hydrogen) atoms. The maximum absolute atomic E-state index is 5.90. The summed E-state index contributed by atoms with van der Waals surface area (Å²) < 4.78 is 10.2. The Morgan fingerprint density at radius 1 is 1.53 bits per heavy atom. The molecule has 0 amide bonds. The lowest BCUT2D eigenvalue weighted by atomic mass is 9.89. The Labute approximate surface area is 99.0 Å². The lowest BCUT2D eigenvalue weighted by Crippen LogP contribution is -2.21. The number of nitrogens with zero attached hydrogens (tertiary/aromatic N) is 2. The quantitative estimate of drug-likeness (QED) is 0.821. The first-order valence-electron chi connectivity index (χ1n) is 5.34. The fourth-order valence-electron chi connectivity index (χ4n) is 2.01. The maximum Gasteiger partial charge on any atom is 0.139 e. The molecule has 0 bridgehead atoms. The molecule has 1 aliphatic carbocycles. The van der Waals surface area contributed by atoms with Crippen molar-refractivity contribution in [3.05, 3.63) is 10.0 Å². The third-order valence-corrected chi connectivity index (χ3v) is 3.84. The molecule has 1 heterocycles. The highest BCUT2D eigenvalue weighted by atomic mass is 35.5. The van der Waals surface area contributed by atoms with Crippen molar-refractivity contribution in [3.63, 3.8) is 0 Å². The highest BCUT2D eigenvalue weighted by molar-refractivity contribution is 7.10. The Balaban J connectivity index is 1.80. The number of aromatic nitrogens is 2. The molecule has 1 saturated carbocycles. The van der Waals surface area contributed by atoms with Gasteiger partial charge in [0.25, 0.3) is 0 Å². The molecule has 0 spiro atoms. The molecule has 2 atom stereocenters. The second-order valence-corrected chi connectivity index (χ2v) is 5.55. The monoisotopic (exact) mass is 246 g/mol. The molecule has 2 unspecified atom stereocenters. The first-order valence-corrected chi connectivity index (χ1v) is 6.49. The van der Waals surface area contributed by atoms with Crippen molar-refractivity contribution in [2.24, 2.45) is 5.92 Å². The van der Waals surface area contributed by atoms with Crippen LogP contribution in [0.25, 0.3) is 0 Å². The minimum absolute atomic E-state index is 0.381. The predicted molar refractivity (Wildman–Crippen MR) is 61.1 cm³/mol. The van der Waals surface area contributed by atoms with Crippen LogP contribution in [-0.2, 0) is 11.3 Å². The van der Waals surface area contributed by atoms with Crippen LogP contribution in [0.3, 0.4) is 0 Å². The largest absolute Gasteiger partial charge is 0.372 e. The van der Waals surface area contributed by atoms with Gasteiger partial charge in [-0.3, -0.25) is 0 Å². The minimum atomic E-state index is 0.381. The van der Waals surface area contributed by atoms with Crippen molar-refractivity contribution < 1.29 is 4.74 Å². The average Bonchev–Trinajstić information content (AvgIpc) is 2.61. The summed E-state index contributed by atoms with van der Waals surface area (Å²) in [5.74, 6) is 0.785. The molecule has 1 aliphatic rings. The van der Waals surface area contributed by atoms with Crippen LogP contribution in [0.15, 0.2) is 0 Å². The zero-order valence-corrected chi connectivity index (χ0v) is 10.4. The summed E-state index contributed by atoms with van der Waals surface area (Å²) in [6, 6.07) is 0. The first kappa shape index (κ1) is 11.3. The van der Waals surface area contributed by atoms with Gasteiger partial charge in [0.05, 0.1) is 12.7 Å². The van der Waals surface area contributed by atoms with Gasteiger partial charge in [0.2, 0.25) is 0 Å². The van der Waals surface area contributed by atoms with Crippen LogP contribution in [-0.4, -0.2) is 15.7 Å². The van der Waals surface area contributed by atoms with Crippen molar-refractivity contribution in [3.8, 4) is 0 Å². The summed E-state index contributed by atoms with van der Waals surface area (Å²) in [4.78, 5) is 0. The molecule has 1 aromatic heterocycles. The molecule has 0 saturated heterocycles. The fraction of sp³-hybridized carbons (Fsp3) is 0.800. The molecule has 0 aromatic carbocycles. The van der Waals surface area contributed by atoms with E-state index in [0.717, 1.165) is 18.0 Å². The highest BCUT2D eigenvalue weighted by Gasteiger charge is 2.20. The van der Waals surface area contributed by atoms with Crippen LogP contribution >= 0.6 is 23.1 Å². The second-order valence-electron chi connectivity index (χ2n) is 4.20. The smallest absolute Gasteiger partial charge is 0.139 e. The molecular weight excluding hydrogens is 232 g/mol. The Bertz CT molecular complexity index is 318. The Morgan fingerprint density at radius 3 is 3.07 bits per heavy atom. The predicted octanol–water partition coefficient (Wildman–Crippen LogP) is 3.29. The highest BCUT2D eigenvalue weighted by Crippen LogP contribution is 2.27. The molecule has 1 fully saturated rings. The number of rotatable bonds is 3. The van der Waals surface area contributed by atoms with Crippen LogP contribution in [0.2, 0.25) is 4.34 Å².